The number of para-hydroxylation sites is 2. The van der Waals surface area contributed by atoms with E-state index >= 15 is 0 Å². The van der Waals surface area contributed by atoms with E-state index in [4.69, 9.17) is 5.26 Å². The topological polar surface area (TPSA) is 47.3 Å². The van der Waals surface area contributed by atoms with Crippen molar-refractivity contribution in [3.63, 3.8) is 0 Å². The highest BCUT2D eigenvalue weighted by Crippen LogP contribution is 2.23. The molecule has 2 rings (SSSR count). The molecule has 90 valence electrons. The maximum Gasteiger partial charge on any atom is 0.120 e. The van der Waals surface area contributed by atoms with Gasteiger partial charge in [0.1, 0.15) is 11.8 Å². The summed E-state index contributed by atoms with van der Waals surface area (Å²) in [4.78, 5) is 1.95. The lowest BCUT2D eigenvalue weighted by molar-refractivity contribution is 0.468. The zero-order chi connectivity index (χ0) is 13.0. The summed E-state index contributed by atoms with van der Waals surface area (Å²) in [6, 6.07) is 16.8. The highest BCUT2D eigenvalue weighted by atomic mass is 16.3. The standard InChI is InChI=1S/C15H14N2O/c1-17(11-13-7-3-5-9-15(13)18)14-8-4-2-6-12(14)10-16/h2-9,18H,11H2,1H3. The van der Waals surface area contributed by atoms with E-state index in [1.807, 2.05) is 42.3 Å². The van der Waals surface area contributed by atoms with Crippen molar-refractivity contribution < 1.29 is 5.11 Å². The van der Waals surface area contributed by atoms with Crippen LogP contribution >= 0.6 is 0 Å². The van der Waals surface area contributed by atoms with E-state index in [0.29, 0.717) is 12.1 Å². The van der Waals surface area contributed by atoms with Crippen LogP contribution < -0.4 is 4.90 Å². The Morgan fingerprint density at radius 3 is 2.50 bits per heavy atom. The number of phenolic OH excluding ortho intramolecular Hbond substituents is 1. The number of phenols is 1. The molecule has 0 aliphatic carbocycles. The van der Waals surface area contributed by atoms with Crippen molar-refractivity contribution in [2.75, 3.05) is 11.9 Å². The molecule has 3 nitrogen and oxygen atoms in total. The van der Waals surface area contributed by atoms with Crippen LogP contribution in [0.4, 0.5) is 5.69 Å². The maximum absolute atomic E-state index is 9.74. The maximum atomic E-state index is 9.74. The molecule has 0 aliphatic rings. The first-order valence-electron chi connectivity index (χ1n) is 5.69. The van der Waals surface area contributed by atoms with Gasteiger partial charge in [0.2, 0.25) is 0 Å². The van der Waals surface area contributed by atoms with Gasteiger partial charge in [-0.2, -0.15) is 5.26 Å². The molecule has 0 bridgehead atoms. The summed E-state index contributed by atoms with van der Waals surface area (Å²) < 4.78 is 0. The van der Waals surface area contributed by atoms with Gasteiger partial charge in [-0.3, -0.25) is 0 Å². The fourth-order valence-electron chi connectivity index (χ4n) is 1.89. The fraction of sp³-hybridized carbons (Fsp3) is 0.133. The predicted octanol–water partition coefficient (Wildman–Crippen LogP) is 2.90. The lowest BCUT2D eigenvalue weighted by Crippen LogP contribution is -2.17. The van der Waals surface area contributed by atoms with Crippen molar-refractivity contribution >= 4 is 5.69 Å². The molecule has 2 aromatic rings. The Morgan fingerprint density at radius 1 is 1.11 bits per heavy atom. The molecule has 0 aliphatic heterocycles. The first-order valence-corrected chi connectivity index (χ1v) is 5.69. The van der Waals surface area contributed by atoms with Gasteiger partial charge < -0.3 is 10.0 Å². The van der Waals surface area contributed by atoms with Gasteiger partial charge in [0.25, 0.3) is 0 Å². The lowest BCUT2D eigenvalue weighted by atomic mass is 10.1. The van der Waals surface area contributed by atoms with Crippen LogP contribution in [0.2, 0.25) is 0 Å². The summed E-state index contributed by atoms with van der Waals surface area (Å²) in [5.74, 6) is 0.277. The normalized spacial score (nSPS) is 9.78. The third kappa shape index (κ3) is 2.44. The quantitative estimate of drug-likeness (QED) is 0.894. The molecule has 0 heterocycles. The van der Waals surface area contributed by atoms with E-state index in [0.717, 1.165) is 11.3 Å². The average molecular weight is 238 g/mol. The van der Waals surface area contributed by atoms with Gasteiger partial charge in [-0.15, -0.1) is 0 Å². The molecule has 0 fully saturated rings. The predicted molar refractivity (Wildman–Crippen MR) is 71.4 cm³/mol. The number of benzene rings is 2. The summed E-state index contributed by atoms with van der Waals surface area (Å²) >= 11 is 0. The zero-order valence-corrected chi connectivity index (χ0v) is 10.2. The average Bonchev–Trinajstić information content (AvgIpc) is 2.41. The number of nitriles is 1. The van der Waals surface area contributed by atoms with Crippen LogP contribution in [0.3, 0.4) is 0 Å². The molecule has 0 unspecified atom stereocenters. The minimum Gasteiger partial charge on any atom is -0.508 e. The molecule has 0 amide bonds. The van der Waals surface area contributed by atoms with E-state index in [2.05, 4.69) is 6.07 Å². The molecule has 1 N–H and O–H groups in total. The summed E-state index contributed by atoms with van der Waals surface area (Å²) in [5, 5.41) is 18.8. The van der Waals surface area contributed by atoms with Crippen molar-refractivity contribution in [1.82, 2.24) is 0 Å². The van der Waals surface area contributed by atoms with E-state index in [1.54, 1.807) is 18.2 Å². The molecule has 0 radical (unpaired) electrons. The number of aromatic hydroxyl groups is 1. The Bertz CT molecular complexity index is 587. The molecule has 0 atom stereocenters. The van der Waals surface area contributed by atoms with Gasteiger partial charge in [-0.25, -0.2) is 0 Å². The second-order valence-corrected chi connectivity index (χ2v) is 4.11. The van der Waals surface area contributed by atoms with Crippen LogP contribution in [0.25, 0.3) is 0 Å². The fourth-order valence-corrected chi connectivity index (χ4v) is 1.89. The van der Waals surface area contributed by atoms with Gasteiger partial charge in [-0.05, 0) is 18.2 Å². The minimum absolute atomic E-state index is 0.277. The van der Waals surface area contributed by atoms with Crippen LogP contribution in [0.5, 0.6) is 5.75 Å². The van der Waals surface area contributed by atoms with Gasteiger partial charge >= 0.3 is 0 Å². The number of anilines is 1. The molecule has 3 heteroatoms. The van der Waals surface area contributed by atoms with Crippen LogP contribution in [-0.2, 0) is 6.54 Å². The number of nitrogens with zero attached hydrogens (tertiary/aromatic N) is 2. The van der Waals surface area contributed by atoms with Crippen LogP contribution in [0.1, 0.15) is 11.1 Å². The molecule has 18 heavy (non-hydrogen) atoms. The second kappa shape index (κ2) is 5.24. The van der Waals surface area contributed by atoms with E-state index in [-0.39, 0.29) is 5.75 Å². The Kier molecular flexibility index (Phi) is 3.49. The van der Waals surface area contributed by atoms with Crippen molar-refractivity contribution in [3.05, 3.63) is 59.7 Å². The molecular formula is C15H14N2O. The van der Waals surface area contributed by atoms with Gasteiger partial charge in [0.05, 0.1) is 11.3 Å². The number of rotatable bonds is 3. The SMILES string of the molecule is CN(Cc1ccccc1O)c1ccccc1C#N. The minimum atomic E-state index is 0.277. The third-order valence-electron chi connectivity index (χ3n) is 2.83. The first kappa shape index (κ1) is 12.0. The molecule has 0 spiro atoms. The number of hydrogen-bond donors (Lipinski definition) is 1. The van der Waals surface area contributed by atoms with Crippen molar-refractivity contribution in [1.29, 1.82) is 5.26 Å². The van der Waals surface area contributed by atoms with E-state index in [9.17, 15) is 5.11 Å². The highest BCUT2D eigenvalue weighted by Gasteiger charge is 2.08. The Labute approximate surface area is 107 Å². The van der Waals surface area contributed by atoms with Gasteiger partial charge in [0.15, 0.2) is 0 Å². The summed E-state index contributed by atoms with van der Waals surface area (Å²) in [6.07, 6.45) is 0. The monoisotopic (exact) mass is 238 g/mol. The summed E-state index contributed by atoms with van der Waals surface area (Å²) in [5.41, 5.74) is 2.34. The van der Waals surface area contributed by atoms with Crippen molar-refractivity contribution in [3.8, 4) is 11.8 Å². The highest BCUT2D eigenvalue weighted by molar-refractivity contribution is 5.59. The van der Waals surface area contributed by atoms with Gasteiger partial charge in [0, 0.05) is 19.2 Å². The smallest absolute Gasteiger partial charge is 0.120 e. The zero-order valence-electron chi connectivity index (χ0n) is 10.2. The Hall–Kier alpha value is -2.47. The molecular weight excluding hydrogens is 224 g/mol. The molecule has 0 aromatic heterocycles. The third-order valence-corrected chi connectivity index (χ3v) is 2.83. The van der Waals surface area contributed by atoms with Crippen molar-refractivity contribution in [2.24, 2.45) is 0 Å². The van der Waals surface area contributed by atoms with Gasteiger partial charge in [-0.1, -0.05) is 30.3 Å². The summed E-state index contributed by atoms with van der Waals surface area (Å²) in [6.45, 7) is 0.561. The van der Waals surface area contributed by atoms with Crippen molar-refractivity contribution in [2.45, 2.75) is 6.54 Å². The molecule has 0 saturated carbocycles. The first-order chi connectivity index (χ1) is 8.72. The molecule has 2 aromatic carbocycles. The Morgan fingerprint density at radius 2 is 1.78 bits per heavy atom. The largest absolute Gasteiger partial charge is 0.508 e. The van der Waals surface area contributed by atoms with Crippen LogP contribution in [0.15, 0.2) is 48.5 Å². The van der Waals surface area contributed by atoms with E-state index in [1.165, 1.54) is 0 Å². The Balaban J connectivity index is 2.26. The second-order valence-electron chi connectivity index (χ2n) is 4.11. The molecule has 0 saturated heterocycles. The van der Waals surface area contributed by atoms with Crippen LogP contribution in [0, 0.1) is 11.3 Å². The number of hydrogen-bond acceptors (Lipinski definition) is 3. The van der Waals surface area contributed by atoms with E-state index < -0.39 is 0 Å². The summed E-state index contributed by atoms with van der Waals surface area (Å²) in [7, 11) is 1.91. The van der Waals surface area contributed by atoms with Crippen LogP contribution in [-0.4, -0.2) is 12.2 Å². The lowest BCUT2D eigenvalue weighted by Gasteiger charge is -2.20.